The minimum absolute atomic E-state index is 0.0656. The van der Waals surface area contributed by atoms with E-state index in [0.717, 1.165) is 11.2 Å². The molecule has 0 aromatic carbocycles. The maximum atomic E-state index is 10.9. The number of nitrogens with two attached hydrogens (primary N) is 1. The van der Waals surface area contributed by atoms with Gasteiger partial charge in [-0.3, -0.25) is 0 Å². The highest BCUT2D eigenvalue weighted by Crippen LogP contribution is 2.24. The Balaban J connectivity index is 2.28. The highest BCUT2D eigenvalue weighted by Gasteiger charge is 2.19. The average molecular weight is 297 g/mol. The van der Waals surface area contributed by atoms with E-state index in [4.69, 9.17) is 5.14 Å². The standard InChI is InChI=1S/C12H19N5O2S/c1-12(2,3)10-8-9-11(14-4-6-17(9)16-10)15-5-7-20(13,18)19/h4,6,8H,5,7H2,1-3H3,(H,14,15)(H2,13,18,19). The molecule has 0 saturated carbocycles. The van der Waals surface area contributed by atoms with E-state index < -0.39 is 10.0 Å². The Labute approximate surface area is 118 Å². The molecule has 0 fully saturated rings. The van der Waals surface area contributed by atoms with Gasteiger partial charge < -0.3 is 5.32 Å². The van der Waals surface area contributed by atoms with Crippen molar-refractivity contribution in [3.63, 3.8) is 0 Å². The van der Waals surface area contributed by atoms with Crippen molar-refractivity contribution in [2.75, 3.05) is 17.6 Å². The molecule has 2 rings (SSSR count). The zero-order valence-corrected chi connectivity index (χ0v) is 12.6. The van der Waals surface area contributed by atoms with Gasteiger partial charge in [0.05, 0.1) is 11.4 Å². The lowest BCUT2D eigenvalue weighted by molar-refractivity contribution is 0.562. The molecule has 2 heterocycles. The fourth-order valence-corrected chi connectivity index (χ4v) is 2.12. The van der Waals surface area contributed by atoms with E-state index in [2.05, 4.69) is 36.2 Å². The molecular weight excluding hydrogens is 278 g/mol. The van der Waals surface area contributed by atoms with Crippen LogP contribution in [0.25, 0.3) is 5.52 Å². The molecule has 0 atom stereocenters. The molecular formula is C12H19N5O2S. The summed E-state index contributed by atoms with van der Waals surface area (Å²) < 4.78 is 23.6. The third-order valence-electron chi connectivity index (χ3n) is 2.84. The van der Waals surface area contributed by atoms with E-state index in [1.54, 1.807) is 16.9 Å². The first-order valence-electron chi connectivity index (χ1n) is 6.26. The van der Waals surface area contributed by atoms with Crippen molar-refractivity contribution >= 4 is 21.4 Å². The van der Waals surface area contributed by atoms with Crippen LogP contribution in [0.3, 0.4) is 0 Å². The average Bonchev–Trinajstić information content (AvgIpc) is 2.71. The van der Waals surface area contributed by atoms with Crippen LogP contribution in [0.15, 0.2) is 18.5 Å². The predicted molar refractivity (Wildman–Crippen MR) is 78.2 cm³/mol. The van der Waals surface area contributed by atoms with Crippen LogP contribution >= 0.6 is 0 Å². The fourth-order valence-electron chi connectivity index (χ4n) is 1.74. The maximum absolute atomic E-state index is 10.9. The van der Waals surface area contributed by atoms with E-state index in [-0.39, 0.29) is 17.7 Å². The van der Waals surface area contributed by atoms with Gasteiger partial charge in [-0.25, -0.2) is 23.1 Å². The first kappa shape index (κ1) is 14.7. The highest BCUT2D eigenvalue weighted by molar-refractivity contribution is 7.89. The van der Waals surface area contributed by atoms with Gasteiger partial charge in [-0.1, -0.05) is 20.8 Å². The van der Waals surface area contributed by atoms with Crippen LogP contribution in [0.1, 0.15) is 26.5 Å². The topological polar surface area (TPSA) is 102 Å². The van der Waals surface area contributed by atoms with E-state index in [0.29, 0.717) is 5.82 Å². The number of hydrogen-bond donors (Lipinski definition) is 2. The molecule has 110 valence electrons. The zero-order valence-electron chi connectivity index (χ0n) is 11.8. The maximum Gasteiger partial charge on any atom is 0.210 e. The van der Waals surface area contributed by atoms with Gasteiger partial charge in [-0.05, 0) is 6.07 Å². The van der Waals surface area contributed by atoms with Crippen molar-refractivity contribution in [3.8, 4) is 0 Å². The van der Waals surface area contributed by atoms with Crippen LogP contribution in [0, 0.1) is 0 Å². The summed E-state index contributed by atoms with van der Waals surface area (Å²) in [6.45, 7) is 6.45. The molecule has 0 radical (unpaired) electrons. The number of anilines is 1. The van der Waals surface area contributed by atoms with Crippen molar-refractivity contribution in [1.82, 2.24) is 14.6 Å². The van der Waals surface area contributed by atoms with Gasteiger partial charge in [0.25, 0.3) is 0 Å². The summed E-state index contributed by atoms with van der Waals surface area (Å²) >= 11 is 0. The van der Waals surface area contributed by atoms with E-state index >= 15 is 0 Å². The Morgan fingerprint density at radius 2 is 2.10 bits per heavy atom. The van der Waals surface area contributed by atoms with Crippen molar-refractivity contribution in [3.05, 3.63) is 24.2 Å². The summed E-state index contributed by atoms with van der Waals surface area (Å²) in [6.07, 6.45) is 3.38. The summed E-state index contributed by atoms with van der Waals surface area (Å²) in [6, 6.07) is 1.95. The molecule has 0 amide bonds. The second kappa shape index (κ2) is 5.02. The van der Waals surface area contributed by atoms with Crippen LogP contribution in [-0.2, 0) is 15.4 Å². The van der Waals surface area contributed by atoms with Gasteiger partial charge in [-0.2, -0.15) is 5.10 Å². The van der Waals surface area contributed by atoms with Crippen LogP contribution in [0.4, 0.5) is 5.82 Å². The van der Waals surface area contributed by atoms with Crippen LogP contribution < -0.4 is 10.5 Å². The molecule has 2 aromatic rings. The summed E-state index contributed by atoms with van der Waals surface area (Å²) in [5.74, 6) is 0.454. The smallest absolute Gasteiger partial charge is 0.210 e. The molecule has 8 heteroatoms. The van der Waals surface area contributed by atoms with E-state index in [1.165, 1.54) is 0 Å². The first-order chi connectivity index (χ1) is 9.17. The third-order valence-corrected chi connectivity index (χ3v) is 3.61. The lowest BCUT2D eigenvalue weighted by atomic mass is 9.92. The lowest BCUT2D eigenvalue weighted by Crippen LogP contribution is -2.22. The molecule has 0 unspecified atom stereocenters. The Bertz CT molecular complexity index is 715. The summed E-state index contributed by atoms with van der Waals surface area (Å²) in [4.78, 5) is 4.21. The quantitative estimate of drug-likeness (QED) is 0.866. The Morgan fingerprint density at radius 3 is 2.70 bits per heavy atom. The number of sulfonamides is 1. The van der Waals surface area contributed by atoms with Crippen molar-refractivity contribution in [2.45, 2.75) is 26.2 Å². The van der Waals surface area contributed by atoms with Crippen molar-refractivity contribution in [1.29, 1.82) is 0 Å². The fraction of sp³-hybridized carbons (Fsp3) is 0.500. The Kier molecular flexibility index (Phi) is 3.70. The largest absolute Gasteiger partial charge is 0.367 e. The first-order valence-corrected chi connectivity index (χ1v) is 7.97. The Morgan fingerprint density at radius 1 is 1.40 bits per heavy atom. The molecule has 0 spiro atoms. The van der Waals surface area contributed by atoms with Crippen LogP contribution in [0.5, 0.6) is 0 Å². The minimum Gasteiger partial charge on any atom is -0.367 e. The monoisotopic (exact) mass is 297 g/mol. The summed E-state index contributed by atoms with van der Waals surface area (Å²) in [7, 11) is -3.48. The molecule has 0 aliphatic carbocycles. The molecule has 0 aliphatic rings. The molecule has 2 aromatic heterocycles. The third kappa shape index (κ3) is 3.45. The Hall–Kier alpha value is -1.67. The molecule has 3 N–H and O–H groups in total. The number of aromatic nitrogens is 3. The van der Waals surface area contributed by atoms with E-state index in [9.17, 15) is 8.42 Å². The number of rotatable bonds is 4. The number of fused-ring (bicyclic) bond motifs is 1. The molecule has 0 aliphatic heterocycles. The van der Waals surface area contributed by atoms with Gasteiger partial charge in [0, 0.05) is 24.4 Å². The number of primary sulfonamides is 1. The van der Waals surface area contributed by atoms with Gasteiger partial charge in [0.15, 0.2) is 5.82 Å². The SMILES string of the molecule is CC(C)(C)c1cc2c(NCCS(N)(=O)=O)nccn2n1. The van der Waals surface area contributed by atoms with Crippen LogP contribution in [0.2, 0.25) is 0 Å². The van der Waals surface area contributed by atoms with Crippen LogP contribution in [-0.4, -0.2) is 35.3 Å². The van der Waals surface area contributed by atoms with Gasteiger partial charge >= 0.3 is 0 Å². The number of nitrogens with zero attached hydrogens (tertiary/aromatic N) is 3. The lowest BCUT2D eigenvalue weighted by Gasteiger charge is -2.13. The minimum atomic E-state index is -3.48. The number of nitrogens with one attached hydrogen (secondary N) is 1. The normalized spacial score (nSPS) is 12.8. The van der Waals surface area contributed by atoms with E-state index in [1.807, 2.05) is 6.07 Å². The van der Waals surface area contributed by atoms with Gasteiger partial charge in [0.2, 0.25) is 10.0 Å². The van der Waals surface area contributed by atoms with Gasteiger partial charge in [-0.15, -0.1) is 0 Å². The zero-order chi connectivity index (χ0) is 15.0. The van der Waals surface area contributed by atoms with Crippen molar-refractivity contribution < 1.29 is 8.42 Å². The molecule has 20 heavy (non-hydrogen) atoms. The predicted octanol–water partition coefficient (Wildman–Crippen LogP) is 0.727. The molecule has 0 saturated heterocycles. The van der Waals surface area contributed by atoms with Gasteiger partial charge in [0.1, 0.15) is 5.52 Å². The second-order valence-corrected chi connectivity index (χ2v) is 7.41. The molecule has 0 bridgehead atoms. The summed E-state index contributed by atoms with van der Waals surface area (Å²) in [5, 5.41) is 12.4. The summed E-state index contributed by atoms with van der Waals surface area (Å²) in [5.41, 5.74) is 1.69. The second-order valence-electron chi connectivity index (χ2n) is 5.68. The number of hydrogen-bond acceptors (Lipinski definition) is 5. The highest BCUT2D eigenvalue weighted by atomic mass is 32.2. The van der Waals surface area contributed by atoms with Crippen molar-refractivity contribution in [2.24, 2.45) is 5.14 Å². The molecule has 7 nitrogen and oxygen atoms in total.